The van der Waals surface area contributed by atoms with Crippen molar-refractivity contribution in [3.05, 3.63) is 70.8 Å². The van der Waals surface area contributed by atoms with Crippen LogP contribution in [0.5, 0.6) is 0 Å². The van der Waals surface area contributed by atoms with Gasteiger partial charge in [-0.15, -0.1) is 0 Å². The summed E-state index contributed by atoms with van der Waals surface area (Å²) >= 11 is 7.96. The Morgan fingerprint density at radius 2 is 1.82 bits per heavy atom. The lowest BCUT2D eigenvalue weighted by Gasteiger charge is -2.19. The van der Waals surface area contributed by atoms with Crippen molar-refractivity contribution in [1.82, 2.24) is 5.32 Å². The molecule has 0 saturated carbocycles. The van der Waals surface area contributed by atoms with Crippen molar-refractivity contribution in [3.8, 4) is 0 Å². The molecule has 0 radical (unpaired) electrons. The van der Waals surface area contributed by atoms with Gasteiger partial charge in [-0.05, 0) is 41.8 Å². The lowest BCUT2D eigenvalue weighted by Crippen LogP contribution is -2.28. The molecule has 1 aliphatic rings. The van der Waals surface area contributed by atoms with Gasteiger partial charge in [0.15, 0.2) is 0 Å². The van der Waals surface area contributed by atoms with E-state index in [1.54, 1.807) is 0 Å². The van der Waals surface area contributed by atoms with Crippen LogP contribution in [0.4, 0.5) is 0 Å². The first-order valence-electron chi connectivity index (χ1n) is 8.53. The maximum Gasteiger partial charge on any atom is 0.328 e. The summed E-state index contributed by atoms with van der Waals surface area (Å²) in [5.41, 5.74) is 8.28. The highest BCUT2D eigenvalue weighted by Crippen LogP contribution is 2.41. The molecule has 2 aromatic carbocycles. The molecule has 0 saturated heterocycles. The summed E-state index contributed by atoms with van der Waals surface area (Å²) in [6, 6.07) is 15.0. The van der Waals surface area contributed by atoms with Gasteiger partial charge in [-0.2, -0.15) is 0 Å². The van der Waals surface area contributed by atoms with Crippen LogP contribution in [0, 0.1) is 0 Å². The second kappa shape index (κ2) is 10.9. The second-order valence-electron chi connectivity index (χ2n) is 5.90. The van der Waals surface area contributed by atoms with Crippen LogP contribution in [0.2, 0.25) is 5.02 Å². The summed E-state index contributed by atoms with van der Waals surface area (Å²) in [5, 5.41) is 20.0. The average Bonchev–Trinajstić information content (AvgIpc) is 2.81. The Hall–Kier alpha value is -2.32. The predicted molar refractivity (Wildman–Crippen MR) is 110 cm³/mol. The van der Waals surface area contributed by atoms with E-state index in [2.05, 4.69) is 41.7 Å². The molecule has 1 atom stereocenters. The van der Waals surface area contributed by atoms with E-state index in [9.17, 15) is 9.59 Å². The third kappa shape index (κ3) is 6.69. The fourth-order valence-electron chi connectivity index (χ4n) is 2.70. The van der Waals surface area contributed by atoms with Gasteiger partial charge >= 0.3 is 11.9 Å². The van der Waals surface area contributed by atoms with Crippen LogP contribution >= 0.6 is 23.4 Å². The van der Waals surface area contributed by atoms with Gasteiger partial charge in [0.05, 0.1) is 0 Å². The lowest BCUT2D eigenvalue weighted by atomic mass is 9.99. The lowest BCUT2D eigenvalue weighted by molar-refractivity contribution is -0.134. The quantitative estimate of drug-likeness (QED) is 0.548. The van der Waals surface area contributed by atoms with Gasteiger partial charge in [0, 0.05) is 46.1 Å². The third-order valence-electron chi connectivity index (χ3n) is 3.86. The molecule has 2 aromatic rings. The number of fused-ring (bicyclic) bond motifs is 2. The first kappa shape index (κ1) is 22.0. The molecule has 8 heteroatoms. The van der Waals surface area contributed by atoms with E-state index in [4.69, 9.17) is 27.5 Å². The number of hydrogen-bond acceptors (Lipinski definition) is 5. The zero-order chi connectivity index (χ0) is 20.5. The Morgan fingerprint density at radius 1 is 1.14 bits per heavy atom. The van der Waals surface area contributed by atoms with Crippen LogP contribution in [0.3, 0.4) is 0 Å². The van der Waals surface area contributed by atoms with Crippen molar-refractivity contribution in [1.29, 1.82) is 0 Å². The second-order valence-corrected chi connectivity index (χ2v) is 7.42. The number of aliphatic carboxylic acids is 2. The molecule has 0 spiro atoms. The summed E-state index contributed by atoms with van der Waals surface area (Å²) in [6.45, 7) is 1.47. The molecule has 3 rings (SSSR count). The number of nitrogens with one attached hydrogen (secondary N) is 1. The molecule has 0 aliphatic carbocycles. The summed E-state index contributed by atoms with van der Waals surface area (Å²) in [4.78, 5) is 21.7. The van der Waals surface area contributed by atoms with Crippen molar-refractivity contribution in [2.75, 3.05) is 13.1 Å². The highest BCUT2D eigenvalue weighted by atomic mass is 35.5. The SMILES string of the molecule is NCCNC1Cc2cc(Cl)ccc2Sc2ccccc21.O=C(O)/C=C\C(=O)O. The Balaban J connectivity index is 0.000000300. The van der Waals surface area contributed by atoms with Crippen LogP contribution in [0.15, 0.2) is 64.4 Å². The van der Waals surface area contributed by atoms with E-state index < -0.39 is 11.9 Å². The molecule has 0 aromatic heterocycles. The number of benzene rings is 2. The molecule has 0 amide bonds. The van der Waals surface area contributed by atoms with Gasteiger partial charge in [-0.1, -0.05) is 41.6 Å². The number of carboxylic acids is 2. The summed E-state index contributed by atoms with van der Waals surface area (Å²) < 4.78 is 0. The van der Waals surface area contributed by atoms with E-state index in [0.29, 0.717) is 24.7 Å². The monoisotopic (exact) mass is 420 g/mol. The standard InChI is InChI=1S/C16H17ClN2S.C4H4O4/c17-12-5-6-15-11(9-12)10-14(19-8-7-18)13-3-1-2-4-16(13)20-15;5-3(6)1-2-4(7)8/h1-6,9,14,19H,7-8,10,18H2;1-2H,(H,5,6)(H,7,8)/b;2-1-. The number of rotatable bonds is 5. The van der Waals surface area contributed by atoms with Gasteiger partial charge in [0.25, 0.3) is 0 Å². The van der Waals surface area contributed by atoms with Crippen LogP contribution in [-0.2, 0) is 16.0 Å². The fourth-order valence-corrected chi connectivity index (χ4v) is 4.01. The number of carboxylic acid groups (broad SMARTS) is 2. The number of hydrogen-bond donors (Lipinski definition) is 4. The minimum atomic E-state index is -1.26. The first-order valence-corrected chi connectivity index (χ1v) is 9.72. The average molecular weight is 421 g/mol. The predicted octanol–water partition coefficient (Wildman–Crippen LogP) is 3.35. The topological polar surface area (TPSA) is 113 Å². The van der Waals surface area contributed by atoms with E-state index >= 15 is 0 Å². The Morgan fingerprint density at radius 3 is 2.46 bits per heavy atom. The van der Waals surface area contributed by atoms with E-state index in [1.165, 1.54) is 20.9 Å². The number of halogens is 1. The molecular formula is C20H21ClN2O4S. The fraction of sp³-hybridized carbons (Fsp3) is 0.200. The molecule has 0 fully saturated rings. The molecule has 6 nitrogen and oxygen atoms in total. The zero-order valence-corrected chi connectivity index (χ0v) is 16.5. The highest BCUT2D eigenvalue weighted by molar-refractivity contribution is 7.99. The number of carbonyl (C=O) groups is 2. The maximum absolute atomic E-state index is 9.55. The molecule has 0 bridgehead atoms. The van der Waals surface area contributed by atoms with E-state index in [-0.39, 0.29) is 0 Å². The van der Waals surface area contributed by atoms with Gasteiger partial charge < -0.3 is 21.3 Å². The smallest absolute Gasteiger partial charge is 0.328 e. The number of nitrogens with two attached hydrogens (primary N) is 1. The summed E-state index contributed by atoms with van der Waals surface area (Å²) in [6.07, 6.45) is 2.06. The third-order valence-corrected chi connectivity index (χ3v) is 5.31. The molecule has 1 heterocycles. The van der Waals surface area contributed by atoms with Crippen LogP contribution in [-0.4, -0.2) is 35.2 Å². The van der Waals surface area contributed by atoms with Crippen LogP contribution < -0.4 is 11.1 Å². The van der Waals surface area contributed by atoms with Crippen LogP contribution in [0.1, 0.15) is 17.2 Å². The van der Waals surface area contributed by atoms with Gasteiger partial charge in [0.2, 0.25) is 0 Å². The molecule has 5 N–H and O–H groups in total. The molecule has 1 aliphatic heterocycles. The molecule has 1 unspecified atom stereocenters. The molecular weight excluding hydrogens is 400 g/mol. The first-order chi connectivity index (χ1) is 13.4. The molecule has 28 heavy (non-hydrogen) atoms. The Kier molecular flexibility index (Phi) is 8.53. The molecule has 148 valence electrons. The Bertz CT molecular complexity index is 857. The summed E-state index contributed by atoms with van der Waals surface area (Å²) in [7, 11) is 0. The van der Waals surface area contributed by atoms with E-state index in [1.807, 2.05) is 17.8 Å². The minimum Gasteiger partial charge on any atom is -0.478 e. The van der Waals surface area contributed by atoms with Crippen molar-refractivity contribution in [2.24, 2.45) is 5.73 Å². The van der Waals surface area contributed by atoms with Crippen molar-refractivity contribution >= 4 is 35.3 Å². The normalized spacial score (nSPS) is 15.0. The van der Waals surface area contributed by atoms with Crippen molar-refractivity contribution < 1.29 is 19.8 Å². The van der Waals surface area contributed by atoms with Gasteiger partial charge in [0.1, 0.15) is 0 Å². The van der Waals surface area contributed by atoms with Crippen LogP contribution in [0.25, 0.3) is 0 Å². The van der Waals surface area contributed by atoms with Crippen molar-refractivity contribution in [2.45, 2.75) is 22.3 Å². The Labute approximate surface area is 172 Å². The highest BCUT2D eigenvalue weighted by Gasteiger charge is 2.21. The largest absolute Gasteiger partial charge is 0.478 e. The zero-order valence-electron chi connectivity index (χ0n) is 15.0. The minimum absolute atomic E-state index is 0.293. The summed E-state index contributed by atoms with van der Waals surface area (Å²) in [5.74, 6) is -2.51. The maximum atomic E-state index is 9.55. The van der Waals surface area contributed by atoms with Gasteiger partial charge in [-0.25, -0.2) is 9.59 Å². The van der Waals surface area contributed by atoms with E-state index in [0.717, 1.165) is 18.0 Å². The van der Waals surface area contributed by atoms with Gasteiger partial charge in [-0.3, -0.25) is 0 Å². The van der Waals surface area contributed by atoms with Crippen molar-refractivity contribution in [3.63, 3.8) is 0 Å².